The molecule has 4 heteroatoms. The van der Waals surface area contributed by atoms with Crippen LogP contribution in [-0.4, -0.2) is 34.5 Å². The van der Waals surface area contributed by atoms with Gasteiger partial charge < -0.3 is 15.2 Å². The highest BCUT2D eigenvalue weighted by atomic mass is 15.2. The molecule has 1 saturated heterocycles. The van der Waals surface area contributed by atoms with Crippen LogP contribution in [-0.2, 0) is 0 Å². The van der Waals surface area contributed by atoms with Crippen LogP contribution >= 0.6 is 0 Å². The van der Waals surface area contributed by atoms with E-state index >= 15 is 0 Å². The summed E-state index contributed by atoms with van der Waals surface area (Å²) < 4.78 is 0. The molecule has 4 nitrogen and oxygen atoms in total. The van der Waals surface area contributed by atoms with Gasteiger partial charge in [0.05, 0.1) is 18.1 Å². The van der Waals surface area contributed by atoms with E-state index in [2.05, 4.69) is 32.8 Å². The molecular formula is C12H18N4. The van der Waals surface area contributed by atoms with Gasteiger partial charge in [0.2, 0.25) is 0 Å². The Morgan fingerprint density at radius 2 is 2.56 bits per heavy atom. The summed E-state index contributed by atoms with van der Waals surface area (Å²) in [6.07, 6.45) is 7.67. The van der Waals surface area contributed by atoms with Gasteiger partial charge in [0.25, 0.3) is 0 Å². The van der Waals surface area contributed by atoms with Crippen molar-refractivity contribution in [3.05, 3.63) is 42.6 Å². The average Bonchev–Trinajstić information content (AvgIpc) is 2.83. The van der Waals surface area contributed by atoms with Crippen LogP contribution in [0.1, 0.15) is 18.7 Å². The van der Waals surface area contributed by atoms with Gasteiger partial charge in [-0.1, -0.05) is 12.7 Å². The van der Waals surface area contributed by atoms with Crippen LogP contribution in [0.2, 0.25) is 0 Å². The second-order valence-electron chi connectivity index (χ2n) is 3.95. The number of aromatic amines is 1. The molecule has 0 saturated carbocycles. The van der Waals surface area contributed by atoms with Gasteiger partial charge in [0, 0.05) is 31.5 Å². The Morgan fingerprint density at radius 1 is 1.69 bits per heavy atom. The summed E-state index contributed by atoms with van der Waals surface area (Å²) in [4.78, 5) is 9.50. The van der Waals surface area contributed by atoms with Crippen molar-refractivity contribution in [2.24, 2.45) is 0 Å². The summed E-state index contributed by atoms with van der Waals surface area (Å²) in [6, 6.07) is 0.318. The molecule has 0 amide bonds. The van der Waals surface area contributed by atoms with E-state index in [1.54, 1.807) is 6.33 Å². The Bertz CT molecular complexity index is 366. The number of hydrogen-bond acceptors (Lipinski definition) is 3. The topological polar surface area (TPSA) is 44.0 Å². The molecule has 0 aliphatic carbocycles. The first-order chi connectivity index (χ1) is 7.81. The highest BCUT2D eigenvalue weighted by Crippen LogP contribution is 2.17. The van der Waals surface area contributed by atoms with E-state index in [0.717, 1.165) is 31.0 Å². The lowest BCUT2D eigenvalue weighted by Gasteiger charge is -2.35. The van der Waals surface area contributed by atoms with Crippen LogP contribution in [0, 0.1) is 0 Å². The molecule has 1 fully saturated rings. The molecule has 1 aromatic rings. The second kappa shape index (κ2) is 4.99. The highest BCUT2D eigenvalue weighted by molar-refractivity contribution is 5.15. The van der Waals surface area contributed by atoms with Crippen LogP contribution in [0.5, 0.6) is 0 Å². The van der Waals surface area contributed by atoms with E-state index in [9.17, 15) is 0 Å². The van der Waals surface area contributed by atoms with Crippen molar-refractivity contribution in [2.75, 3.05) is 19.6 Å². The zero-order valence-electron chi connectivity index (χ0n) is 9.61. The number of H-pyrrole nitrogens is 1. The maximum atomic E-state index is 4.07. The Hall–Kier alpha value is -1.55. The monoisotopic (exact) mass is 218 g/mol. The first-order valence-corrected chi connectivity index (χ1v) is 5.59. The lowest BCUT2D eigenvalue weighted by molar-refractivity contribution is 0.253. The molecule has 1 atom stereocenters. The molecule has 0 spiro atoms. The number of aromatic nitrogens is 2. The van der Waals surface area contributed by atoms with Gasteiger partial charge >= 0.3 is 0 Å². The summed E-state index contributed by atoms with van der Waals surface area (Å²) in [5.41, 5.74) is 2.21. The van der Waals surface area contributed by atoms with E-state index in [4.69, 9.17) is 0 Å². The van der Waals surface area contributed by atoms with Crippen molar-refractivity contribution >= 4 is 0 Å². The molecule has 1 unspecified atom stereocenters. The summed E-state index contributed by atoms with van der Waals surface area (Å²) >= 11 is 0. The number of nitrogens with one attached hydrogen (secondary N) is 2. The molecule has 1 aromatic heterocycles. The summed E-state index contributed by atoms with van der Waals surface area (Å²) in [5, 5.41) is 3.47. The number of nitrogens with zero attached hydrogens (tertiary/aromatic N) is 2. The number of hydrogen-bond donors (Lipinski definition) is 2. The molecule has 0 bridgehead atoms. The fraction of sp³-hybridized carbons (Fsp3) is 0.417. The molecule has 2 rings (SSSR count). The van der Waals surface area contributed by atoms with Crippen molar-refractivity contribution in [3.63, 3.8) is 0 Å². The minimum absolute atomic E-state index is 0.318. The van der Waals surface area contributed by atoms with E-state index < -0.39 is 0 Å². The first kappa shape index (κ1) is 11.0. The van der Waals surface area contributed by atoms with Crippen LogP contribution < -0.4 is 5.32 Å². The van der Waals surface area contributed by atoms with E-state index in [1.807, 2.05) is 19.2 Å². The Labute approximate surface area is 96.1 Å². The maximum absolute atomic E-state index is 4.07. The molecule has 0 aromatic carbocycles. The number of piperazine rings is 1. The van der Waals surface area contributed by atoms with Crippen molar-refractivity contribution in [2.45, 2.75) is 13.0 Å². The maximum Gasteiger partial charge on any atom is 0.0922 e. The second-order valence-corrected chi connectivity index (χ2v) is 3.95. The summed E-state index contributed by atoms with van der Waals surface area (Å²) in [6.45, 7) is 9.00. The smallest absolute Gasteiger partial charge is 0.0922 e. The van der Waals surface area contributed by atoms with Crippen LogP contribution in [0.15, 0.2) is 37.0 Å². The van der Waals surface area contributed by atoms with Gasteiger partial charge in [-0.3, -0.25) is 0 Å². The number of allylic oxidation sites excluding steroid dienone is 2. The van der Waals surface area contributed by atoms with Crippen molar-refractivity contribution in [3.8, 4) is 0 Å². The molecule has 1 aliphatic heterocycles. The number of rotatable bonds is 3. The molecule has 86 valence electrons. The third-order valence-electron chi connectivity index (χ3n) is 2.84. The van der Waals surface area contributed by atoms with Crippen molar-refractivity contribution in [1.82, 2.24) is 20.2 Å². The average molecular weight is 218 g/mol. The van der Waals surface area contributed by atoms with Gasteiger partial charge in [-0.15, -0.1) is 0 Å². The highest BCUT2D eigenvalue weighted by Gasteiger charge is 2.21. The van der Waals surface area contributed by atoms with Crippen molar-refractivity contribution < 1.29 is 0 Å². The zero-order valence-corrected chi connectivity index (χ0v) is 9.61. The third-order valence-corrected chi connectivity index (χ3v) is 2.84. The molecule has 16 heavy (non-hydrogen) atoms. The lowest BCUT2D eigenvalue weighted by Crippen LogP contribution is -2.44. The predicted molar refractivity (Wildman–Crippen MR) is 64.9 cm³/mol. The SMILES string of the molecule is C=C(/C=C\C)N1CCNC(c2cnc[nH]2)C1. The third kappa shape index (κ3) is 2.33. The largest absolute Gasteiger partial charge is 0.369 e. The Kier molecular flexibility index (Phi) is 3.41. The summed E-state index contributed by atoms with van der Waals surface area (Å²) in [7, 11) is 0. The molecule has 1 aliphatic rings. The first-order valence-electron chi connectivity index (χ1n) is 5.59. The number of imidazole rings is 1. The lowest BCUT2D eigenvalue weighted by atomic mass is 10.1. The minimum atomic E-state index is 0.318. The molecular weight excluding hydrogens is 200 g/mol. The normalized spacial score (nSPS) is 21.6. The molecule has 2 heterocycles. The summed E-state index contributed by atoms with van der Waals surface area (Å²) in [5.74, 6) is 0. The Morgan fingerprint density at radius 3 is 3.25 bits per heavy atom. The predicted octanol–water partition coefficient (Wildman–Crippen LogP) is 1.45. The molecule has 2 N–H and O–H groups in total. The van der Waals surface area contributed by atoms with E-state index in [1.165, 1.54) is 0 Å². The van der Waals surface area contributed by atoms with Crippen LogP contribution in [0.3, 0.4) is 0 Å². The van der Waals surface area contributed by atoms with E-state index in [0.29, 0.717) is 6.04 Å². The van der Waals surface area contributed by atoms with Gasteiger partial charge in [-0.05, 0) is 13.0 Å². The van der Waals surface area contributed by atoms with Gasteiger partial charge in [-0.2, -0.15) is 0 Å². The standard InChI is InChI=1S/C12H18N4/c1-3-4-10(2)16-6-5-14-12(8-16)11-7-13-9-15-11/h3-4,7,9,12,14H,2,5-6,8H2,1H3,(H,13,15)/b4-3-. The van der Waals surface area contributed by atoms with Crippen molar-refractivity contribution in [1.29, 1.82) is 0 Å². The van der Waals surface area contributed by atoms with Gasteiger partial charge in [-0.25, -0.2) is 4.98 Å². The molecule has 0 radical (unpaired) electrons. The Balaban J connectivity index is 2.02. The van der Waals surface area contributed by atoms with Gasteiger partial charge in [0.1, 0.15) is 0 Å². The quantitative estimate of drug-likeness (QED) is 0.755. The van der Waals surface area contributed by atoms with E-state index in [-0.39, 0.29) is 0 Å². The van der Waals surface area contributed by atoms with Crippen LogP contribution in [0.25, 0.3) is 0 Å². The minimum Gasteiger partial charge on any atom is -0.369 e. The van der Waals surface area contributed by atoms with Crippen LogP contribution in [0.4, 0.5) is 0 Å². The zero-order chi connectivity index (χ0) is 11.4. The van der Waals surface area contributed by atoms with Gasteiger partial charge in [0.15, 0.2) is 0 Å². The fourth-order valence-electron chi connectivity index (χ4n) is 1.97. The fourth-order valence-corrected chi connectivity index (χ4v) is 1.97.